The second kappa shape index (κ2) is 5.74. The fourth-order valence-corrected chi connectivity index (χ4v) is 3.34. The zero-order valence-electron chi connectivity index (χ0n) is 13.1. The highest BCUT2D eigenvalue weighted by atomic mass is 35.5. The Morgan fingerprint density at radius 1 is 1.09 bits per heavy atom. The number of aromatic amines is 1. The highest BCUT2D eigenvalue weighted by molar-refractivity contribution is 6.17. The van der Waals surface area contributed by atoms with Gasteiger partial charge in [0.2, 0.25) is 0 Å². The van der Waals surface area contributed by atoms with Gasteiger partial charge in [-0.2, -0.15) is 4.40 Å². The van der Waals surface area contributed by atoms with Crippen LogP contribution in [0.2, 0.25) is 0 Å². The van der Waals surface area contributed by atoms with E-state index >= 15 is 0 Å². The number of fused-ring (bicyclic) bond motifs is 3. The number of benzene rings is 2. The van der Waals surface area contributed by atoms with Crippen LogP contribution in [-0.2, 0) is 13.0 Å². The Morgan fingerprint density at radius 3 is 2.61 bits per heavy atom. The second-order valence-electron chi connectivity index (χ2n) is 5.74. The third-order valence-corrected chi connectivity index (χ3v) is 4.57. The smallest absolute Gasteiger partial charge is 0.241 e. The van der Waals surface area contributed by atoms with Gasteiger partial charge in [-0.15, -0.1) is 11.6 Å². The van der Waals surface area contributed by atoms with Crippen molar-refractivity contribution in [3.63, 3.8) is 0 Å². The van der Waals surface area contributed by atoms with Crippen molar-refractivity contribution in [1.29, 1.82) is 0 Å². The first kappa shape index (κ1) is 14.3. The van der Waals surface area contributed by atoms with E-state index in [0.29, 0.717) is 5.88 Å². The first-order valence-corrected chi connectivity index (χ1v) is 8.52. The van der Waals surface area contributed by atoms with Crippen LogP contribution in [0.15, 0.2) is 54.7 Å². The van der Waals surface area contributed by atoms with Crippen molar-refractivity contribution in [3.8, 4) is 11.3 Å². The minimum Gasteiger partial charge on any atom is -0.241 e. The number of aryl methyl sites for hydroxylation is 2. The molecule has 23 heavy (non-hydrogen) atoms. The summed E-state index contributed by atoms with van der Waals surface area (Å²) in [5.41, 5.74) is 6.08. The number of nitrogens with zero attached hydrogens (tertiary/aromatic N) is 2. The lowest BCUT2D eigenvalue weighted by Crippen LogP contribution is -2.17. The molecule has 0 bridgehead atoms. The average Bonchev–Trinajstić information content (AvgIpc) is 3.12. The maximum atomic E-state index is 6.06. The molecule has 2 heterocycles. The number of alkyl halides is 1. The molecule has 0 saturated heterocycles. The molecule has 116 valence electrons. The Bertz CT molecular complexity index is 964. The fraction of sp³-hybridized carbons (Fsp3) is 0.211. The van der Waals surface area contributed by atoms with Crippen molar-refractivity contribution in [2.75, 3.05) is 5.88 Å². The number of H-pyrrole nitrogens is 1. The molecular formula is C19H19ClN3+. The molecule has 0 amide bonds. The van der Waals surface area contributed by atoms with E-state index in [9.17, 15) is 0 Å². The van der Waals surface area contributed by atoms with Gasteiger partial charge < -0.3 is 0 Å². The molecule has 0 saturated carbocycles. The molecule has 2 aromatic heterocycles. The van der Waals surface area contributed by atoms with Crippen LogP contribution in [0.5, 0.6) is 0 Å². The molecule has 0 spiro atoms. The van der Waals surface area contributed by atoms with Crippen molar-refractivity contribution in [2.24, 2.45) is 0 Å². The molecule has 0 atom stereocenters. The minimum atomic E-state index is 0.583. The Kier molecular flexibility index (Phi) is 3.58. The average molecular weight is 325 g/mol. The van der Waals surface area contributed by atoms with E-state index < -0.39 is 0 Å². The molecule has 0 unspecified atom stereocenters. The number of hydrogen-bond acceptors (Lipinski definition) is 0. The third-order valence-electron chi connectivity index (χ3n) is 4.40. The Morgan fingerprint density at radius 2 is 1.87 bits per heavy atom. The van der Waals surface area contributed by atoms with E-state index in [1.54, 1.807) is 0 Å². The maximum Gasteiger partial charge on any atom is 0.368 e. The van der Waals surface area contributed by atoms with Crippen LogP contribution < -0.4 is 4.40 Å². The van der Waals surface area contributed by atoms with E-state index in [1.807, 2.05) is 0 Å². The number of hydrogen-bond donors (Lipinski definition) is 1. The summed E-state index contributed by atoms with van der Waals surface area (Å²) in [5, 5.41) is 0. The van der Waals surface area contributed by atoms with Gasteiger partial charge in [-0.25, -0.2) is 9.55 Å². The van der Waals surface area contributed by atoms with Crippen molar-refractivity contribution in [2.45, 2.75) is 19.9 Å². The Balaban J connectivity index is 1.95. The van der Waals surface area contributed by atoms with Gasteiger partial charge in [0.15, 0.2) is 0 Å². The number of halogens is 1. The molecule has 1 N–H and O–H groups in total. The molecule has 0 aliphatic carbocycles. The Labute approximate surface area is 140 Å². The van der Waals surface area contributed by atoms with Crippen LogP contribution in [0.4, 0.5) is 0 Å². The highest BCUT2D eigenvalue weighted by Crippen LogP contribution is 2.23. The van der Waals surface area contributed by atoms with Crippen molar-refractivity contribution in [3.05, 3.63) is 60.3 Å². The summed E-state index contributed by atoms with van der Waals surface area (Å²) in [6.07, 6.45) is 3.25. The summed E-state index contributed by atoms with van der Waals surface area (Å²) in [6, 6.07) is 17.1. The van der Waals surface area contributed by atoms with E-state index in [-0.39, 0.29) is 0 Å². The molecule has 0 radical (unpaired) electrons. The Hall–Kier alpha value is -2.26. The van der Waals surface area contributed by atoms with E-state index in [2.05, 4.69) is 75.6 Å². The predicted octanol–water partition coefficient (Wildman–Crippen LogP) is 4.18. The standard InChI is InChI=1S/C19H18ClN3/c1-2-14-7-9-15(10-8-14)18-13-23-17-6-4-3-5-16(17)21-19(23)22(18)12-11-20/h3-10,13H,2,11-12H2,1H3/p+1. The molecule has 0 aliphatic rings. The third kappa shape index (κ3) is 2.32. The predicted molar refractivity (Wildman–Crippen MR) is 95.0 cm³/mol. The quantitative estimate of drug-likeness (QED) is 0.430. The van der Waals surface area contributed by atoms with Gasteiger partial charge in [-0.1, -0.05) is 43.3 Å². The lowest BCUT2D eigenvalue weighted by molar-refractivity contribution is -0.479. The first-order valence-electron chi connectivity index (χ1n) is 7.98. The summed E-state index contributed by atoms with van der Waals surface area (Å²) >= 11 is 6.06. The number of imidazole rings is 2. The van der Waals surface area contributed by atoms with Crippen LogP contribution >= 0.6 is 11.6 Å². The monoisotopic (exact) mass is 324 g/mol. The van der Waals surface area contributed by atoms with Crippen LogP contribution in [0.3, 0.4) is 0 Å². The topological polar surface area (TPSA) is 24.8 Å². The van der Waals surface area contributed by atoms with Gasteiger partial charge in [-0.3, -0.25) is 0 Å². The largest absolute Gasteiger partial charge is 0.368 e. The number of para-hydroxylation sites is 2. The molecule has 3 nitrogen and oxygen atoms in total. The van der Waals surface area contributed by atoms with Gasteiger partial charge in [-0.05, 0) is 24.1 Å². The molecular weight excluding hydrogens is 306 g/mol. The van der Waals surface area contributed by atoms with Crippen LogP contribution in [0.25, 0.3) is 28.1 Å². The number of rotatable bonds is 4. The van der Waals surface area contributed by atoms with Gasteiger partial charge in [0.25, 0.3) is 0 Å². The number of nitrogens with one attached hydrogen (secondary N) is 1. The summed E-state index contributed by atoms with van der Waals surface area (Å²) in [4.78, 5) is 3.51. The molecule has 0 fully saturated rings. The SMILES string of the molecule is CCc1ccc(-c2c[n+]3c4ccccc4[nH]c3n2CCCl)cc1. The summed E-state index contributed by atoms with van der Waals surface area (Å²) in [7, 11) is 0. The fourth-order valence-electron chi connectivity index (χ4n) is 3.17. The lowest BCUT2D eigenvalue weighted by atomic mass is 10.1. The molecule has 4 rings (SSSR count). The molecule has 0 aliphatic heterocycles. The maximum absolute atomic E-state index is 6.06. The highest BCUT2D eigenvalue weighted by Gasteiger charge is 2.21. The van der Waals surface area contributed by atoms with Gasteiger partial charge in [0.1, 0.15) is 22.9 Å². The molecule has 4 aromatic rings. The lowest BCUT2D eigenvalue weighted by Gasteiger charge is -2.03. The summed E-state index contributed by atoms with van der Waals surface area (Å²) < 4.78 is 4.47. The van der Waals surface area contributed by atoms with E-state index in [4.69, 9.17) is 11.6 Å². The van der Waals surface area contributed by atoms with Crippen LogP contribution in [0.1, 0.15) is 12.5 Å². The van der Waals surface area contributed by atoms with Gasteiger partial charge in [0, 0.05) is 5.56 Å². The van der Waals surface area contributed by atoms with Crippen molar-refractivity contribution in [1.82, 2.24) is 9.55 Å². The minimum absolute atomic E-state index is 0.583. The van der Waals surface area contributed by atoms with E-state index in [1.165, 1.54) is 22.3 Å². The van der Waals surface area contributed by atoms with Crippen LogP contribution in [0, 0.1) is 0 Å². The van der Waals surface area contributed by atoms with Crippen molar-refractivity contribution >= 4 is 28.4 Å². The molecule has 2 aromatic carbocycles. The summed E-state index contributed by atoms with van der Waals surface area (Å²) in [6.45, 7) is 2.95. The normalized spacial score (nSPS) is 11.6. The second-order valence-corrected chi connectivity index (χ2v) is 6.12. The van der Waals surface area contributed by atoms with Crippen LogP contribution in [-0.4, -0.2) is 15.4 Å². The number of aromatic nitrogens is 3. The molecule has 4 heteroatoms. The van der Waals surface area contributed by atoms with E-state index in [0.717, 1.165) is 24.3 Å². The first-order chi connectivity index (χ1) is 11.3. The zero-order valence-corrected chi connectivity index (χ0v) is 13.8. The van der Waals surface area contributed by atoms with Gasteiger partial charge >= 0.3 is 5.78 Å². The zero-order chi connectivity index (χ0) is 15.8. The summed E-state index contributed by atoms with van der Waals surface area (Å²) in [5.74, 6) is 1.65. The van der Waals surface area contributed by atoms with Gasteiger partial charge in [0.05, 0.1) is 12.4 Å². The van der Waals surface area contributed by atoms with Crippen molar-refractivity contribution < 1.29 is 4.40 Å².